The minimum Gasteiger partial charge on any atom is -0.368 e. The summed E-state index contributed by atoms with van der Waals surface area (Å²) in [5.41, 5.74) is 5.85. The first-order valence-electron chi connectivity index (χ1n) is 14.5. The van der Waals surface area contributed by atoms with Crippen molar-refractivity contribution >= 4 is 23.6 Å². The molecule has 1 aliphatic rings. The molecule has 1 heterocycles. The molecule has 4 N–H and O–H groups in total. The molecule has 0 saturated carbocycles. The standard InChI is InChI=1S/C32H51N5O4/c1-20(2)24(19-21(3)29(40)37-18-14-17-23(37)27(33)38)36(10)30(41)26(31(4,5)6)35-28(39)25(34-9)32(7,8)22-15-12-11-13-16-22/h11-13,15-16,19-20,23-26,34H,14,17-18H2,1-10H3,(H2,33,38)(H,35,39)/b21-19+. The van der Waals surface area contributed by atoms with Crippen LogP contribution in [-0.2, 0) is 24.6 Å². The molecule has 0 aliphatic carbocycles. The summed E-state index contributed by atoms with van der Waals surface area (Å²) in [5, 5.41) is 6.22. The van der Waals surface area contributed by atoms with Gasteiger partial charge in [-0.2, -0.15) is 0 Å². The fourth-order valence-corrected chi connectivity index (χ4v) is 5.69. The maximum Gasteiger partial charge on any atom is 0.249 e. The van der Waals surface area contributed by atoms with E-state index in [1.54, 1.807) is 32.0 Å². The maximum absolute atomic E-state index is 14.1. The van der Waals surface area contributed by atoms with Crippen LogP contribution in [0.2, 0.25) is 0 Å². The Bertz CT molecular complexity index is 1120. The molecular formula is C32H51N5O4. The second-order valence-electron chi connectivity index (χ2n) is 13.2. The minimum atomic E-state index is -0.814. The van der Waals surface area contributed by atoms with Gasteiger partial charge in [0.1, 0.15) is 12.1 Å². The molecule has 228 valence electrons. The van der Waals surface area contributed by atoms with E-state index >= 15 is 0 Å². The number of carbonyl (C=O) groups excluding carboxylic acids is 4. The molecular weight excluding hydrogens is 518 g/mol. The van der Waals surface area contributed by atoms with E-state index < -0.39 is 40.9 Å². The summed E-state index contributed by atoms with van der Waals surface area (Å²) < 4.78 is 0. The van der Waals surface area contributed by atoms with Gasteiger partial charge in [0.2, 0.25) is 23.6 Å². The number of benzene rings is 1. The lowest BCUT2D eigenvalue weighted by atomic mass is 9.76. The van der Waals surface area contributed by atoms with Gasteiger partial charge in [-0.3, -0.25) is 19.2 Å². The van der Waals surface area contributed by atoms with E-state index in [0.717, 1.165) is 12.0 Å². The lowest BCUT2D eigenvalue weighted by Gasteiger charge is -2.40. The number of nitrogens with one attached hydrogen (secondary N) is 2. The van der Waals surface area contributed by atoms with Crippen LogP contribution in [0.3, 0.4) is 0 Å². The number of hydrogen-bond donors (Lipinski definition) is 3. The quantitative estimate of drug-likeness (QED) is 0.354. The van der Waals surface area contributed by atoms with Gasteiger partial charge in [0.05, 0.1) is 12.1 Å². The zero-order valence-corrected chi connectivity index (χ0v) is 26.6. The van der Waals surface area contributed by atoms with Crippen molar-refractivity contribution in [3.8, 4) is 0 Å². The molecule has 1 aromatic carbocycles. The van der Waals surface area contributed by atoms with Crippen molar-refractivity contribution < 1.29 is 19.2 Å². The molecule has 0 bridgehead atoms. The summed E-state index contributed by atoms with van der Waals surface area (Å²) >= 11 is 0. The number of carbonyl (C=O) groups is 4. The van der Waals surface area contributed by atoms with Gasteiger partial charge in [-0.15, -0.1) is 0 Å². The Balaban J connectivity index is 2.33. The number of likely N-dealkylation sites (N-methyl/N-ethyl adjacent to an activating group) is 2. The molecule has 1 aliphatic heterocycles. The average molecular weight is 570 g/mol. The van der Waals surface area contributed by atoms with Crippen molar-refractivity contribution in [1.82, 2.24) is 20.4 Å². The van der Waals surface area contributed by atoms with Crippen molar-refractivity contribution in [2.75, 3.05) is 20.6 Å². The van der Waals surface area contributed by atoms with E-state index in [0.29, 0.717) is 18.5 Å². The van der Waals surface area contributed by atoms with Crippen molar-refractivity contribution in [3.63, 3.8) is 0 Å². The summed E-state index contributed by atoms with van der Waals surface area (Å²) in [4.78, 5) is 56.0. The predicted octanol–water partition coefficient (Wildman–Crippen LogP) is 2.99. The van der Waals surface area contributed by atoms with E-state index in [-0.39, 0.29) is 23.6 Å². The average Bonchev–Trinajstić information content (AvgIpc) is 3.39. The highest BCUT2D eigenvalue weighted by atomic mass is 16.2. The molecule has 4 atom stereocenters. The van der Waals surface area contributed by atoms with Crippen molar-refractivity contribution in [1.29, 1.82) is 0 Å². The summed E-state index contributed by atoms with van der Waals surface area (Å²) in [6, 6.07) is 7.40. The molecule has 0 radical (unpaired) electrons. The van der Waals surface area contributed by atoms with Crippen molar-refractivity contribution in [2.24, 2.45) is 17.1 Å². The molecule has 41 heavy (non-hydrogen) atoms. The number of nitrogens with zero attached hydrogens (tertiary/aromatic N) is 2. The van der Waals surface area contributed by atoms with Gasteiger partial charge in [-0.05, 0) is 43.7 Å². The third kappa shape index (κ3) is 7.97. The first kappa shape index (κ1) is 34.0. The van der Waals surface area contributed by atoms with Gasteiger partial charge in [-0.1, -0.05) is 84.9 Å². The molecule has 9 nitrogen and oxygen atoms in total. The van der Waals surface area contributed by atoms with Gasteiger partial charge >= 0.3 is 0 Å². The van der Waals surface area contributed by atoms with E-state index in [4.69, 9.17) is 5.73 Å². The number of primary amides is 1. The Morgan fingerprint density at radius 2 is 1.63 bits per heavy atom. The number of amides is 4. The van der Waals surface area contributed by atoms with Crippen LogP contribution in [0.4, 0.5) is 0 Å². The molecule has 9 heteroatoms. The largest absolute Gasteiger partial charge is 0.368 e. The Kier molecular flexibility index (Phi) is 11.3. The lowest BCUT2D eigenvalue weighted by Crippen LogP contribution is -2.61. The van der Waals surface area contributed by atoms with Crippen LogP contribution in [0, 0.1) is 11.3 Å². The number of hydrogen-bond acceptors (Lipinski definition) is 5. The van der Waals surface area contributed by atoms with Crippen LogP contribution >= 0.6 is 0 Å². The van der Waals surface area contributed by atoms with Crippen LogP contribution < -0.4 is 16.4 Å². The summed E-state index contributed by atoms with van der Waals surface area (Å²) in [5.74, 6) is -1.29. The van der Waals surface area contributed by atoms with Crippen LogP contribution in [-0.4, -0.2) is 78.2 Å². The maximum atomic E-state index is 14.1. The molecule has 2 rings (SSSR count). The molecule has 1 fully saturated rings. The molecule has 1 saturated heterocycles. The van der Waals surface area contributed by atoms with Crippen molar-refractivity contribution in [3.05, 3.63) is 47.5 Å². The monoisotopic (exact) mass is 569 g/mol. The van der Waals surface area contributed by atoms with E-state index in [1.165, 1.54) is 4.90 Å². The zero-order valence-electron chi connectivity index (χ0n) is 26.6. The lowest BCUT2D eigenvalue weighted by molar-refractivity contribution is -0.141. The smallest absolute Gasteiger partial charge is 0.249 e. The Morgan fingerprint density at radius 3 is 2.12 bits per heavy atom. The van der Waals surface area contributed by atoms with Crippen molar-refractivity contribution in [2.45, 2.75) is 97.8 Å². The third-order valence-corrected chi connectivity index (χ3v) is 8.27. The molecule has 0 spiro atoms. The Morgan fingerprint density at radius 1 is 1.05 bits per heavy atom. The highest BCUT2D eigenvalue weighted by Gasteiger charge is 2.42. The van der Waals surface area contributed by atoms with Gasteiger partial charge in [0.25, 0.3) is 0 Å². The predicted molar refractivity (Wildman–Crippen MR) is 163 cm³/mol. The Labute approximate surface area is 246 Å². The van der Waals surface area contributed by atoms with Gasteiger partial charge < -0.3 is 26.2 Å². The zero-order chi connectivity index (χ0) is 31.3. The number of likely N-dealkylation sites (tertiary alicyclic amines) is 1. The summed E-state index contributed by atoms with van der Waals surface area (Å²) in [6.45, 7) is 15.9. The van der Waals surface area contributed by atoms with E-state index in [9.17, 15) is 19.2 Å². The summed E-state index contributed by atoms with van der Waals surface area (Å²) in [6.07, 6.45) is 3.07. The van der Waals surface area contributed by atoms with E-state index in [1.807, 2.05) is 78.8 Å². The molecule has 4 unspecified atom stereocenters. The SMILES string of the molecule is CNC(C(=O)NC(C(=O)N(C)C(/C=C(\C)C(=O)N1CCCC1C(N)=O)C(C)C)C(C)(C)C)C(C)(C)c1ccccc1. The molecule has 0 aromatic heterocycles. The van der Waals surface area contributed by atoms with Gasteiger partial charge in [-0.25, -0.2) is 0 Å². The number of rotatable bonds is 11. The topological polar surface area (TPSA) is 125 Å². The minimum absolute atomic E-state index is 0.0180. The molecule has 4 amide bonds. The highest BCUT2D eigenvalue weighted by Crippen LogP contribution is 2.29. The normalized spacial score (nSPS) is 18.6. The molecule has 1 aromatic rings. The number of nitrogens with two attached hydrogens (primary N) is 1. The van der Waals surface area contributed by atoms with E-state index in [2.05, 4.69) is 10.6 Å². The van der Waals surface area contributed by atoms with Gasteiger partial charge in [0.15, 0.2) is 0 Å². The summed E-state index contributed by atoms with van der Waals surface area (Å²) in [7, 11) is 3.45. The second-order valence-corrected chi connectivity index (χ2v) is 13.2. The van der Waals surface area contributed by atoms with Crippen LogP contribution in [0.5, 0.6) is 0 Å². The Hall–Kier alpha value is -3.20. The first-order chi connectivity index (χ1) is 18.9. The third-order valence-electron chi connectivity index (χ3n) is 8.27. The fourth-order valence-electron chi connectivity index (χ4n) is 5.69. The van der Waals surface area contributed by atoms with Crippen LogP contribution in [0.15, 0.2) is 42.0 Å². The van der Waals surface area contributed by atoms with Crippen LogP contribution in [0.1, 0.15) is 73.8 Å². The highest BCUT2D eigenvalue weighted by molar-refractivity contribution is 5.97. The first-order valence-corrected chi connectivity index (χ1v) is 14.5. The van der Waals surface area contributed by atoms with Crippen LogP contribution in [0.25, 0.3) is 0 Å². The fraction of sp³-hybridized carbons (Fsp3) is 0.625. The van der Waals surface area contributed by atoms with Gasteiger partial charge in [0, 0.05) is 24.6 Å². The second kappa shape index (κ2) is 13.6.